The van der Waals surface area contributed by atoms with Crippen molar-refractivity contribution in [3.05, 3.63) is 40.8 Å². The van der Waals surface area contributed by atoms with Crippen molar-refractivity contribution < 1.29 is 24.2 Å². The number of anilines is 1. The fourth-order valence-corrected chi connectivity index (χ4v) is 3.89. The second-order valence-corrected chi connectivity index (χ2v) is 7.43. The van der Waals surface area contributed by atoms with Crippen LogP contribution in [0, 0.1) is 6.92 Å². The molecule has 0 aliphatic rings. The van der Waals surface area contributed by atoms with E-state index in [2.05, 4.69) is 10.6 Å². The van der Waals surface area contributed by atoms with E-state index < -0.39 is 5.97 Å². The predicted octanol–water partition coefficient (Wildman–Crippen LogP) is 2.83. The first-order chi connectivity index (χ1) is 14.1. The zero-order chi connectivity index (χ0) is 21.1. The van der Waals surface area contributed by atoms with Crippen molar-refractivity contribution in [1.82, 2.24) is 5.32 Å². The minimum absolute atomic E-state index is 0.00357. The number of aliphatic hydroxyl groups excluding tert-OH is 1. The number of hydrogen-bond donors (Lipinski definition) is 3. The summed E-state index contributed by atoms with van der Waals surface area (Å²) in [6.45, 7) is 5.80. The van der Waals surface area contributed by atoms with Crippen molar-refractivity contribution in [3.8, 4) is 11.1 Å². The van der Waals surface area contributed by atoms with Gasteiger partial charge in [-0.15, -0.1) is 11.3 Å². The maximum absolute atomic E-state index is 12.6. The van der Waals surface area contributed by atoms with Crippen LogP contribution in [-0.2, 0) is 14.3 Å². The third-order valence-electron chi connectivity index (χ3n) is 4.07. The van der Waals surface area contributed by atoms with Crippen molar-refractivity contribution in [3.63, 3.8) is 0 Å². The van der Waals surface area contributed by atoms with Gasteiger partial charge in [-0.3, -0.25) is 4.79 Å². The minimum Gasteiger partial charge on any atom is -0.462 e. The molecule has 0 atom stereocenters. The van der Waals surface area contributed by atoms with E-state index in [1.54, 1.807) is 6.92 Å². The van der Waals surface area contributed by atoms with E-state index >= 15 is 0 Å². The van der Waals surface area contributed by atoms with E-state index in [-0.39, 0.29) is 25.5 Å². The minimum atomic E-state index is -0.440. The quantitative estimate of drug-likeness (QED) is 0.361. The number of nitrogens with one attached hydrogen (secondary N) is 2. The molecule has 2 rings (SSSR count). The van der Waals surface area contributed by atoms with Gasteiger partial charge in [-0.2, -0.15) is 0 Å². The Morgan fingerprint density at radius 3 is 2.59 bits per heavy atom. The van der Waals surface area contributed by atoms with Gasteiger partial charge in [0.15, 0.2) is 0 Å². The van der Waals surface area contributed by atoms with Gasteiger partial charge in [-0.1, -0.05) is 30.3 Å². The molecule has 0 saturated heterocycles. The van der Waals surface area contributed by atoms with Crippen molar-refractivity contribution in [2.45, 2.75) is 20.3 Å². The molecule has 0 bridgehead atoms. The summed E-state index contributed by atoms with van der Waals surface area (Å²) in [5, 5.41) is 15.1. The van der Waals surface area contributed by atoms with Crippen molar-refractivity contribution in [2.75, 3.05) is 44.8 Å². The van der Waals surface area contributed by atoms with E-state index in [1.807, 2.05) is 37.3 Å². The molecule has 0 radical (unpaired) electrons. The Morgan fingerprint density at radius 2 is 1.90 bits per heavy atom. The van der Waals surface area contributed by atoms with Crippen molar-refractivity contribution in [2.24, 2.45) is 0 Å². The number of ether oxygens (including phenoxy) is 2. The van der Waals surface area contributed by atoms with Crippen LogP contribution in [0.3, 0.4) is 0 Å². The lowest BCUT2D eigenvalue weighted by molar-refractivity contribution is -0.116. The van der Waals surface area contributed by atoms with E-state index in [9.17, 15) is 9.59 Å². The molecule has 0 unspecified atom stereocenters. The SMILES string of the molecule is CCOC(=O)c1c(NC(=O)CCNCCOCCO)sc(C)c1-c1ccccc1. The summed E-state index contributed by atoms with van der Waals surface area (Å²) in [6.07, 6.45) is 0.264. The normalized spacial score (nSPS) is 10.7. The Hall–Kier alpha value is -2.26. The average Bonchev–Trinajstić information content (AvgIpc) is 3.03. The van der Waals surface area contributed by atoms with Gasteiger partial charge >= 0.3 is 5.97 Å². The Labute approximate surface area is 175 Å². The maximum Gasteiger partial charge on any atom is 0.341 e. The average molecular weight is 421 g/mol. The highest BCUT2D eigenvalue weighted by atomic mass is 32.1. The molecule has 0 fully saturated rings. The van der Waals surface area contributed by atoms with Crippen LogP contribution in [0.2, 0.25) is 0 Å². The van der Waals surface area contributed by atoms with Crippen LogP contribution in [-0.4, -0.2) is 56.5 Å². The van der Waals surface area contributed by atoms with Gasteiger partial charge in [0.1, 0.15) is 10.6 Å². The predicted molar refractivity (Wildman–Crippen MR) is 114 cm³/mol. The van der Waals surface area contributed by atoms with Crippen LogP contribution in [0.15, 0.2) is 30.3 Å². The number of carbonyl (C=O) groups excluding carboxylic acids is 2. The zero-order valence-electron chi connectivity index (χ0n) is 16.8. The smallest absolute Gasteiger partial charge is 0.341 e. The molecule has 1 aromatic carbocycles. The Bertz CT molecular complexity index is 792. The number of carbonyl (C=O) groups is 2. The lowest BCUT2D eigenvalue weighted by Gasteiger charge is -2.09. The first-order valence-electron chi connectivity index (χ1n) is 9.63. The van der Waals surface area contributed by atoms with Gasteiger partial charge in [-0.05, 0) is 19.4 Å². The molecule has 0 saturated carbocycles. The molecule has 1 amide bonds. The molecule has 0 aliphatic heterocycles. The molecule has 29 heavy (non-hydrogen) atoms. The number of amides is 1. The number of aliphatic hydroxyl groups is 1. The molecule has 7 nitrogen and oxygen atoms in total. The van der Waals surface area contributed by atoms with Crippen LogP contribution < -0.4 is 10.6 Å². The Balaban J connectivity index is 2.06. The topological polar surface area (TPSA) is 96.9 Å². The van der Waals surface area contributed by atoms with Crippen LogP contribution in [0.25, 0.3) is 11.1 Å². The standard InChI is InChI=1S/C21H28N2O5S/c1-3-28-21(26)19-18(16-7-5-4-6-8-16)15(2)29-20(19)23-17(25)9-10-22-11-13-27-14-12-24/h4-8,22,24H,3,9-14H2,1-2H3,(H,23,25). The number of benzene rings is 1. The molecule has 0 aliphatic carbocycles. The first-order valence-corrected chi connectivity index (χ1v) is 10.4. The molecule has 0 spiro atoms. The second-order valence-electron chi connectivity index (χ2n) is 6.21. The molecule has 8 heteroatoms. The highest BCUT2D eigenvalue weighted by Crippen LogP contribution is 2.40. The number of thiophene rings is 1. The summed E-state index contributed by atoms with van der Waals surface area (Å²) < 4.78 is 10.4. The third kappa shape index (κ3) is 6.93. The molecular weight excluding hydrogens is 392 g/mol. The van der Waals surface area contributed by atoms with E-state index in [0.717, 1.165) is 16.0 Å². The van der Waals surface area contributed by atoms with Crippen LogP contribution in [0.4, 0.5) is 5.00 Å². The van der Waals surface area contributed by atoms with E-state index in [4.69, 9.17) is 14.6 Å². The molecule has 2 aromatic rings. The summed E-state index contributed by atoms with van der Waals surface area (Å²) in [4.78, 5) is 25.9. The number of esters is 1. The molecule has 1 aromatic heterocycles. The fraction of sp³-hybridized carbons (Fsp3) is 0.429. The largest absolute Gasteiger partial charge is 0.462 e. The molecular formula is C21H28N2O5S. The van der Waals surface area contributed by atoms with Crippen molar-refractivity contribution in [1.29, 1.82) is 0 Å². The number of hydrogen-bond acceptors (Lipinski definition) is 7. The number of rotatable bonds is 12. The summed E-state index contributed by atoms with van der Waals surface area (Å²) in [5.41, 5.74) is 2.11. The second kappa shape index (κ2) is 12.3. The molecule has 158 valence electrons. The summed E-state index contributed by atoms with van der Waals surface area (Å²) in [5.74, 6) is -0.620. The lowest BCUT2D eigenvalue weighted by atomic mass is 10.0. The monoisotopic (exact) mass is 420 g/mol. The zero-order valence-corrected chi connectivity index (χ0v) is 17.6. The van der Waals surface area contributed by atoms with Crippen molar-refractivity contribution >= 4 is 28.2 Å². The van der Waals surface area contributed by atoms with Gasteiger partial charge < -0.3 is 25.2 Å². The highest BCUT2D eigenvalue weighted by molar-refractivity contribution is 7.17. The fourth-order valence-electron chi connectivity index (χ4n) is 2.81. The van der Waals surface area contributed by atoms with Gasteiger partial charge in [0, 0.05) is 30.0 Å². The van der Waals surface area contributed by atoms with Gasteiger partial charge in [-0.25, -0.2) is 4.79 Å². The summed E-state index contributed by atoms with van der Waals surface area (Å²) in [7, 11) is 0. The Morgan fingerprint density at radius 1 is 1.14 bits per heavy atom. The Kier molecular flexibility index (Phi) is 9.79. The van der Waals surface area contributed by atoms with Gasteiger partial charge in [0.05, 0.1) is 26.4 Å². The first kappa shape index (κ1) is 23.0. The van der Waals surface area contributed by atoms with Crippen LogP contribution in [0.1, 0.15) is 28.6 Å². The van der Waals surface area contributed by atoms with E-state index in [0.29, 0.717) is 36.9 Å². The van der Waals surface area contributed by atoms with Crippen LogP contribution in [0.5, 0.6) is 0 Å². The molecule has 3 N–H and O–H groups in total. The molecule has 1 heterocycles. The summed E-state index contributed by atoms with van der Waals surface area (Å²) >= 11 is 1.37. The lowest BCUT2D eigenvalue weighted by Crippen LogP contribution is -2.25. The third-order valence-corrected chi connectivity index (χ3v) is 5.09. The number of aryl methyl sites for hydroxylation is 1. The van der Waals surface area contributed by atoms with E-state index in [1.165, 1.54) is 11.3 Å². The summed E-state index contributed by atoms with van der Waals surface area (Å²) in [6, 6.07) is 9.61. The van der Waals surface area contributed by atoms with Gasteiger partial charge in [0.2, 0.25) is 5.91 Å². The maximum atomic E-state index is 12.6. The van der Waals surface area contributed by atoms with Crippen LogP contribution >= 0.6 is 11.3 Å². The highest BCUT2D eigenvalue weighted by Gasteiger charge is 2.25. The van der Waals surface area contributed by atoms with Gasteiger partial charge in [0.25, 0.3) is 0 Å².